The summed E-state index contributed by atoms with van der Waals surface area (Å²) in [7, 11) is 1.68. The molecule has 0 aromatic carbocycles. The monoisotopic (exact) mass is 196 g/mol. The number of aryl methyl sites for hydroxylation is 1. The summed E-state index contributed by atoms with van der Waals surface area (Å²) in [6.07, 6.45) is 0. The SMILES string of the molecule is Cn1sc(Cl)cc1=O.O=NO. The third-order valence-corrected chi connectivity index (χ3v) is 1.83. The number of hydrogen-bond donors (Lipinski definition) is 1. The Labute approximate surface area is 70.9 Å². The van der Waals surface area contributed by atoms with Gasteiger partial charge in [0.2, 0.25) is 0 Å². The molecule has 0 fully saturated rings. The summed E-state index contributed by atoms with van der Waals surface area (Å²) in [6, 6.07) is 1.40. The molecule has 1 heterocycles. The van der Waals surface area contributed by atoms with Gasteiger partial charge in [-0.2, -0.15) is 0 Å². The van der Waals surface area contributed by atoms with Crippen molar-refractivity contribution in [1.29, 1.82) is 0 Å². The van der Waals surface area contributed by atoms with Crippen LogP contribution in [0.2, 0.25) is 4.34 Å². The van der Waals surface area contributed by atoms with E-state index < -0.39 is 0 Å². The van der Waals surface area contributed by atoms with Gasteiger partial charge in [-0.3, -0.25) is 8.75 Å². The molecule has 1 rings (SSSR count). The fraction of sp³-hybridized carbons (Fsp3) is 0.250. The van der Waals surface area contributed by atoms with Crippen LogP contribution in [0.4, 0.5) is 0 Å². The fourth-order valence-corrected chi connectivity index (χ4v) is 1.35. The summed E-state index contributed by atoms with van der Waals surface area (Å²) < 4.78 is 2.01. The molecule has 0 saturated carbocycles. The highest BCUT2D eigenvalue weighted by atomic mass is 35.5. The van der Waals surface area contributed by atoms with Crippen molar-refractivity contribution in [1.82, 2.24) is 3.96 Å². The Balaban J connectivity index is 0.000000292. The smallest absolute Gasteiger partial charge is 0.261 e. The molecule has 11 heavy (non-hydrogen) atoms. The number of hydrogen-bond acceptors (Lipinski definition) is 4. The zero-order chi connectivity index (χ0) is 8.85. The van der Waals surface area contributed by atoms with Gasteiger partial charge in [0, 0.05) is 13.1 Å². The minimum atomic E-state index is -0.0417. The van der Waals surface area contributed by atoms with Crippen LogP contribution in [0, 0.1) is 4.91 Å². The Morgan fingerprint density at radius 3 is 2.36 bits per heavy atom. The lowest BCUT2D eigenvalue weighted by Gasteiger charge is -1.77. The van der Waals surface area contributed by atoms with Crippen LogP contribution in [0.5, 0.6) is 0 Å². The van der Waals surface area contributed by atoms with E-state index in [-0.39, 0.29) is 5.56 Å². The summed E-state index contributed by atoms with van der Waals surface area (Å²) in [5, 5.41) is 7.89. The third kappa shape index (κ3) is 3.74. The highest BCUT2D eigenvalue weighted by Gasteiger charge is 1.93. The number of nitrogens with zero attached hydrogens (tertiary/aromatic N) is 2. The molecule has 0 saturated heterocycles. The van der Waals surface area contributed by atoms with Gasteiger partial charge in [0.1, 0.15) is 4.34 Å². The summed E-state index contributed by atoms with van der Waals surface area (Å²) in [5.74, 6) is 0. The summed E-state index contributed by atoms with van der Waals surface area (Å²) in [6.45, 7) is 0. The van der Waals surface area contributed by atoms with Gasteiger partial charge in [-0.15, -0.1) is 4.91 Å². The molecule has 0 unspecified atom stereocenters. The molecular formula is C4H5ClN2O3S. The average Bonchev–Trinajstić information content (AvgIpc) is 2.12. The maximum absolute atomic E-state index is 10.5. The molecule has 7 heteroatoms. The zero-order valence-electron chi connectivity index (χ0n) is 5.52. The van der Waals surface area contributed by atoms with E-state index in [1.54, 1.807) is 7.05 Å². The highest BCUT2D eigenvalue weighted by Crippen LogP contribution is 2.09. The van der Waals surface area contributed by atoms with Crippen molar-refractivity contribution in [2.45, 2.75) is 0 Å². The predicted octanol–water partition coefficient (Wildman–Crippen LogP) is 1.24. The molecule has 0 amide bonds. The van der Waals surface area contributed by atoms with Gasteiger partial charge < -0.3 is 5.21 Å². The van der Waals surface area contributed by atoms with Gasteiger partial charge in [-0.25, -0.2) is 0 Å². The predicted molar refractivity (Wildman–Crippen MR) is 42.2 cm³/mol. The summed E-state index contributed by atoms with van der Waals surface area (Å²) in [5.41, 5.74) is -0.0417. The Hall–Kier alpha value is -0.880. The molecule has 1 aromatic rings. The minimum Gasteiger partial charge on any atom is -0.379 e. The second-order valence-corrected chi connectivity index (χ2v) is 3.26. The van der Waals surface area contributed by atoms with Crippen molar-refractivity contribution in [3.8, 4) is 0 Å². The van der Waals surface area contributed by atoms with E-state index in [2.05, 4.69) is 0 Å². The molecule has 0 radical (unpaired) electrons. The van der Waals surface area contributed by atoms with Crippen molar-refractivity contribution in [2.24, 2.45) is 12.4 Å². The van der Waals surface area contributed by atoms with Gasteiger partial charge in [0.15, 0.2) is 5.34 Å². The van der Waals surface area contributed by atoms with E-state index in [0.29, 0.717) is 4.34 Å². The molecule has 0 atom stereocenters. The van der Waals surface area contributed by atoms with E-state index in [1.807, 2.05) is 0 Å². The van der Waals surface area contributed by atoms with Crippen molar-refractivity contribution in [3.05, 3.63) is 25.7 Å². The first-order valence-electron chi connectivity index (χ1n) is 2.41. The van der Waals surface area contributed by atoms with Crippen molar-refractivity contribution < 1.29 is 5.21 Å². The molecule has 0 spiro atoms. The first kappa shape index (κ1) is 10.1. The van der Waals surface area contributed by atoms with Crippen molar-refractivity contribution in [2.75, 3.05) is 0 Å². The quantitative estimate of drug-likeness (QED) is 0.501. The summed E-state index contributed by atoms with van der Waals surface area (Å²) in [4.78, 5) is 18.6. The van der Waals surface area contributed by atoms with Gasteiger partial charge in [0.05, 0.1) is 0 Å². The Kier molecular flexibility index (Phi) is 4.47. The standard InChI is InChI=1S/C4H4ClNOS.HNO2/c1-6-4(7)2-3(5)8-6;2-1-3/h2H,1H3;(H,2,3). The second-order valence-electron chi connectivity index (χ2n) is 1.46. The van der Waals surface area contributed by atoms with Crippen LogP contribution in [0.15, 0.2) is 16.2 Å². The van der Waals surface area contributed by atoms with Gasteiger partial charge in [-0.05, 0) is 11.5 Å². The van der Waals surface area contributed by atoms with Crippen LogP contribution in [-0.2, 0) is 7.05 Å². The molecular weight excluding hydrogens is 192 g/mol. The molecule has 62 valence electrons. The molecule has 0 aliphatic heterocycles. The average molecular weight is 197 g/mol. The molecule has 1 aromatic heterocycles. The van der Waals surface area contributed by atoms with Crippen LogP contribution in [-0.4, -0.2) is 9.16 Å². The van der Waals surface area contributed by atoms with E-state index in [9.17, 15) is 4.79 Å². The molecule has 0 aliphatic rings. The first-order valence-corrected chi connectivity index (χ1v) is 3.56. The first-order chi connectivity index (χ1) is 5.11. The minimum absolute atomic E-state index is 0.0417. The van der Waals surface area contributed by atoms with Gasteiger partial charge >= 0.3 is 0 Å². The third-order valence-electron chi connectivity index (χ3n) is 0.771. The van der Waals surface area contributed by atoms with Crippen LogP contribution in [0.25, 0.3) is 0 Å². The van der Waals surface area contributed by atoms with Gasteiger partial charge in [0.25, 0.3) is 5.56 Å². The lowest BCUT2D eigenvalue weighted by Crippen LogP contribution is -2.05. The van der Waals surface area contributed by atoms with E-state index in [4.69, 9.17) is 21.7 Å². The van der Waals surface area contributed by atoms with E-state index >= 15 is 0 Å². The van der Waals surface area contributed by atoms with Crippen LogP contribution >= 0.6 is 23.1 Å². The van der Waals surface area contributed by atoms with Crippen molar-refractivity contribution >= 4 is 23.1 Å². The van der Waals surface area contributed by atoms with E-state index in [0.717, 1.165) is 0 Å². The molecule has 0 bridgehead atoms. The Morgan fingerprint density at radius 1 is 1.82 bits per heavy atom. The Morgan fingerprint density at radius 2 is 2.27 bits per heavy atom. The van der Waals surface area contributed by atoms with E-state index in [1.165, 1.54) is 26.9 Å². The second kappa shape index (κ2) is 4.86. The zero-order valence-corrected chi connectivity index (χ0v) is 7.09. The highest BCUT2D eigenvalue weighted by molar-refractivity contribution is 7.11. The lowest BCUT2D eigenvalue weighted by atomic mass is 10.7. The number of halogens is 1. The van der Waals surface area contributed by atoms with Crippen LogP contribution < -0.4 is 5.56 Å². The number of aromatic nitrogens is 1. The molecule has 1 N–H and O–H groups in total. The Bertz CT molecular complexity index is 281. The maximum atomic E-state index is 10.5. The largest absolute Gasteiger partial charge is 0.379 e. The van der Waals surface area contributed by atoms with Crippen LogP contribution in [0.3, 0.4) is 0 Å². The fourth-order valence-electron chi connectivity index (χ4n) is 0.390. The van der Waals surface area contributed by atoms with Gasteiger partial charge in [-0.1, -0.05) is 11.6 Å². The normalized spacial score (nSPS) is 8.18. The maximum Gasteiger partial charge on any atom is 0.261 e. The van der Waals surface area contributed by atoms with Crippen LogP contribution in [0.1, 0.15) is 0 Å². The van der Waals surface area contributed by atoms with Crippen molar-refractivity contribution in [3.63, 3.8) is 0 Å². The summed E-state index contributed by atoms with van der Waals surface area (Å²) >= 11 is 6.70. The molecule has 0 aliphatic carbocycles. The topological polar surface area (TPSA) is 71.7 Å². The molecule has 5 nitrogen and oxygen atoms in total. The lowest BCUT2D eigenvalue weighted by molar-refractivity contribution is 0.312. The number of rotatable bonds is 0.